The van der Waals surface area contributed by atoms with Crippen molar-refractivity contribution in [3.8, 4) is 5.88 Å². The lowest BCUT2D eigenvalue weighted by atomic mass is 10.1. The maximum atomic E-state index is 6.09. The van der Waals surface area contributed by atoms with Gasteiger partial charge in [0, 0.05) is 19.2 Å². The Bertz CT molecular complexity index is 714. The zero-order valence-corrected chi connectivity index (χ0v) is 14.0. The molecule has 1 aliphatic rings. The molecule has 2 heterocycles. The highest BCUT2D eigenvalue weighted by Gasteiger charge is 2.24. The predicted molar refractivity (Wildman–Crippen MR) is 90.4 cm³/mol. The molecule has 0 radical (unpaired) electrons. The molecule has 1 atom stereocenters. The molecule has 0 bridgehead atoms. The van der Waals surface area contributed by atoms with Crippen molar-refractivity contribution in [1.82, 2.24) is 9.97 Å². The number of hydrogen-bond acceptors (Lipinski definition) is 6. The Labute approximate surface area is 144 Å². The van der Waals surface area contributed by atoms with Gasteiger partial charge in [-0.3, -0.25) is 0 Å². The summed E-state index contributed by atoms with van der Waals surface area (Å²) in [7, 11) is 1.55. The fourth-order valence-electron chi connectivity index (χ4n) is 2.47. The van der Waals surface area contributed by atoms with Gasteiger partial charge in [-0.25, -0.2) is 0 Å². The van der Waals surface area contributed by atoms with E-state index in [9.17, 15) is 0 Å². The van der Waals surface area contributed by atoms with Crippen molar-refractivity contribution in [3.63, 3.8) is 0 Å². The van der Waals surface area contributed by atoms with Crippen LogP contribution in [0.2, 0.25) is 10.0 Å². The molecule has 6 nitrogen and oxygen atoms in total. The lowest BCUT2D eigenvalue weighted by Gasteiger charge is -2.34. The number of morpholine rings is 1. The first kappa shape index (κ1) is 16.1. The number of methoxy groups -OCH3 is 1. The number of aromatic nitrogens is 2. The van der Waals surface area contributed by atoms with Crippen molar-refractivity contribution in [1.29, 1.82) is 0 Å². The Kier molecular flexibility index (Phi) is 4.75. The van der Waals surface area contributed by atoms with Gasteiger partial charge in [-0.05, 0) is 17.7 Å². The van der Waals surface area contributed by atoms with E-state index in [0.717, 1.165) is 5.56 Å². The summed E-state index contributed by atoms with van der Waals surface area (Å²) >= 11 is 12.1. The second kappa shape index (κ2) is 6.78. The number of nitrogens with two attached hydrogens (primary N) is 1. The molecule has 0 spiro atoms. The fourth-order valence-corrected chi connectivity index (χ4v) is 2.78. The van der Waals surface area contributed by atoms with Crippen LogP contribution < -0.4 is 15.4 Å². The van der Waals surface area contributed by atoms with Crippen LogP contribution in [-0.4, -0.2) is 36.8 Å². The third-order valence-corrected chi connectivity index (χ3v) is 4.36. The number of nitrogen functional groups attached to an aromatic ring is 1. The standard InChI is InChI=1S/C15H16Cl2N4O2/c1-22-14-7-13(19-15(18)20-14)21-4-5-23-12(8-21)9-2-3-10(16)11(17)6-9/h2-3,6-7,12H,4-5,8H2,1H3,(H2,18,19,20)/t12-/m0/s1. The van der Waals surface area contributed by atoms with Crippen molar-refractivity contribution < 1.29 is 9.47 Å². The molecule has 3 rings (SSSR count). The molecule has 1 saturated heterocycles. The van der Waals surface area contributed by atoms with Crippen molar-refractivity contribution in [2.75, 3.05) is 37.4 Å². The van der Waals surface area contributed by atoms with E-state index in [-0.39, 0.29) is 12.1 Å². The van der Waals surface area contributed by atoms with E-state index >= 15 is 0 Å². The molecule has 1 aromatic heterocycles. The highest BCUT2D eigenvalue weighted by molar-refractivity contribution is 6.42. The molecule has 0 amide bonds. The zero-order valence-electron chi connectivity index (χ0n) is 12.5. The van der Waals surface area contributed by atoms with Gasteiger partial charge >= 0.3 is 0 Å². The first-order valence-electron chi connectivity index (χ1n) is 7.07. The predicted octanol–water partition coefficient (Wildman–Crippen LogP) is 2.95. The number of halogens is 2. The van der Waals surface area contributed by atoms with Crippen LogP contribution in [0.4, 0.5) is 11.8 Å². The minimum absolute atomic E-state index is 0.124. The summed E-state index contributed by atoms with van der Waals surface area (Å²) < 4.78 is 11.0. The molecule has 0 aliphatic carbocycles. The van der Waals surface area contributed by atoms with Crippen LogP contribution >= 0.6 is 23.2 Å². The Balaban J connectivity index is 1.83. The first-order chi connectivity index (χ1) is 11.1. The Morgan fingerprint density at radius 1 is 1.26 bits per heavy atom. The third kappa shape index (κ3) is 3.60. The van der Waals surface area contributed by atoms with Crippen molar-refractivity contribution >= 4 is 35.0 Å². The van der Waals surface area contributed by atoms with Gasteiger partial charge in [-0.2, -0.15) is 9.97 Å². The summed E-state index contributed by atoms with van der Waals surface area (Å²) in [6.07, 6.45) is -0.124. The van der Waals surface area contributed by atoms with E-state index < -0.39 is 0 Å². The van der Waals surface area contributed by atoms with Crippen LogP contribution in [0.5, 0.6) is 5.88 Å². The summed E-state index contributed by atoms with van der Waals surface area (Å²) in [6, 6.07) is 7.27. The van der Waals surface area contributed by atoms with Gasteiger partial charge in [-0.15, -0.1) is 0 Å². The average Bonchev–Trinajstić information content (AvgIpc) is 2.57. The Morgan fingerprint density at radius 2 is 2.09 bits per heavy atom. The summed E-state index contributed by atoms with van der Waals surface area (Å²) in [5.41, 5.74) is 6.70. The molecule has 1 fully saturated rings. The average molecular weight is 355 g/mol. The second-order valence-corrected chi connectivity index (χ2v) is 5.92. The monoisotopic (exact) mass is 354 g/mol. The van der Waals surface area contributed by atoms with Crippen LogP contribution in [0.3, 0.4) is 0 Å². The van der Waals surface area contributed by atoms with Gasteiger partial charge in [0.05, 0.1) is 23.8 Å². The quantitative estimate of drug-likeness (QED) is 0.913. The van der Waals surface area contributed by atoms with Gasteiger partial charge in [0.15, 0.2) is 0 Å². The SMILES string of the molecule is COc1cc(N2CCO[C@H](c3ccc(Cl)c(Cl)c3)C2)nc(N)n1. The Morgan fingerprint density at radius 3 is 2.83 bits per heavy atom. The van der Waals surface area contributed by atoms with E-state index in [4.69, 9.17) is 38.4 Å². The molecule has 1 aromatic carbocycles. The van der Waals surface area contributed by atoms with Crippen molar-refractivity contribution in [2.45, 2.75) is 6.10 Å². The first-order valence-corrected chi connectivity index (χ1v) is 7.82. The van der Waals surface area contributed by atoms with E-state index in [1.807, 2.05) is 12.1 Å². The van der Waals surface area contributed by atoms with Gasteiger partial charge in [-0.1, -0.05) is 29.3 Å². The minimum atomic E-state index is -0.124. The lowest BCUT2D eigenvalue weighted by molar-refractivity contribution is 0.0395. The van der Waals surface area contributed by atoms with Crippen LogP contribution in [0.15, 0.2) is 24.3 Å². The molecule has 122 valence electrons. The fraction of sp³-hybridized carbons (Fsp3) is 0.333. The summed E-state index contributed by atoms with van der Waals surface area (Å²) in [6.45, 7) is 1.89. The van der Waals surface area contributed by atoms with E-state index in [0.29, 0.717) is 41.4 Å². The number of nitrogens with zero attached hydrogens (tertiary/aromatic N) is 3. The van der Waals surface area contributed by atoms with Crippen LogP contribution in [0.1, 0.15) is 11.7 Å². The molecule has 2 N–H and O–H groups in total. The van der Waals surface area contributed by atoms with Crippen LogP contribution in [0.25, 0.3) is 0 Å². The molecular formula is C15H16Cl2N4O2. The summed E-state index contributed by atoms with van der Waals surface area (Å²) in [5.74, 6) is 1.32. The number of hydrogen-bond donors (Lipinski definition) is 1. The van der Waals surface area contributed by atoms with Gasteiger partial charge in [0.1, 0.15) is 11.9 Å². The molecule has 1 aliphatic heterocycles. The highest BCUT2D eigenvalue weighted by atomic mass is 35.5. The maximum Gasteiger partial charge on any atom is 0.225 e. The lowest BCUT2D eigenvalue weighted by Crippen LogP contribution is -2.39. The van der Waals surface area contributed by atoms with Crippen molar-refractivity contribution in [3.05, 3.63) is 39.9 Å². The third-order valence-electron chi connectivity index (χ3n) is 3.62. The molecule has 0 saturated carbocycles. The smallest absolute Gasteiger partial charge is 0.225 e. The van der Waals surface area contributed by atoms with Crippen LogP contribution in [-0.2, 0) is 4.74 Å². The maximum absolute atomic E-state index is 6.09. The molecule has 23 heavy (non-hydrogen) atoms. The Hall–Kier alpha value is -1.76. The molecule has 0 unspecified atom stereocenters. The number of anilines is 2. The van der Waals surface area contributed by atoms with Crippen LogP contribution in [0, 0.1) is 0 Å². The minimum Gasteiger partial charge on any atom is -0.481 e. The van der Waals surface area contributed by atoms with E-state index in [1.165, 1.54) is 0 Å². The normalized spacial score (nSPS) is 18.0. The number of benzene rings is 1. The van der Waals surface area contributed by atoms with Gasteiger partial charge < -0.3 is 20.1 Å². The number of ether oxygens (including phenoxy) is 2. The molecule has 8 heteroatoms. The van der Waals surface area contributed by atoms with E-state index in [2.05, 4.69) is 14.9 Å². The van der Waals surface area contributed by atoms with Gasteiger partial charge in [0.2, 0.25) is 11.8 Å². The van der Waals surface area contributed by atoms with Crippen molar-refractivity contribution in [2.24, 2.45) is 0 Å². The molecule has 2 aromatic rings. The highest BCUT2D eigenvalue weighted by Crippen LogP contribution is 2.30. The molecular weight excluding hydrogens is 339 g/mol. The zero-order chi connectivity index (χ0) is 16.4. The van der Waals surface area contributed by atoms with E-state index in [1.54, 1.807) is 19.2 Å². The number of rotatable bonds is 3. The second-order valence-electron chi connectivity index (χ2n) is 5.11. The summed E-state index contributed by atoms with van der Waals surface area (Å²) in [4.78, 5) is 10.4. The topological polar surface area (TPSA) is 73.5 Å². The summed E-state index contributed by atoms with van der Waals surface area (Å²) in [5, 5.41) is 1.04. The van der Waals surface area contributed by atoms with Gasteiger partial charge in [0.25, 0.3) is 0 Å². The largest absolute Gasteiger partial charge is 0.481 e.